The molecule has 2 N–H and O–H groups in total. The van der Waals surface area contributed by atoms with Crippen LogP contribution in [0.4, 0.5) is 5.69 Å². The highest BCUT2D eigenvalue weighted by Gasteiger charge is 2.10. The first-order valence-electron chi connectivity index (χ1n) is 5.39. The lowest BCUT2D eigenvalue weighted by Gasteiger charge is -2.07. The maximum atomic E-state index is 12.0. The number of rotatable bonds is 3. The normalized spacial score (nSPS) is 10.5. The SMILES string of the molecule is Cc1[nH]c(=S)sc1CC(=O)Nc1ccc(Cl)cc1I. The molecule has 0 saturated carbocycles. The lowest BCUT2D eigenvalue weighted by atomic mass is 10.2. The number of carbonyl (C=O) groups is 1. The van der Waals surface area contributed by atoms with Crippen LogP contribution in [0, 0.1) is 14.4 Å². The molecule has 2 aromatic rings. The molecule has 0 radical (unpaired) electrons. The largest absolute Gasteiger partial charge is 0.341 e. The fourth-order valence-electron chi connectivity index (χ4n) is 1.54. The van der Waals surface area contributed by atoms with E-state index >= 15 is 0 Å². The zero-order chi connectivity index (χ0) is 14.0. The molecule has 0 unspecified atom stereocenters. The van der Waals surface area contributed by atoms with Crippen LogP contribution in [0.3, 0.4) is 0 Å². The lowest BCUT2D eigenvalue weighted by molar-refractivity contribution is -0.115. The molecular weight excluding hydrogens is 415 g/mol. The summed E-state index contributed by atoms with van der Waals surface area (Å²) in [5, 5.41) is 3.53. The van der Waals surface area contributed by atoms with Gasteiger partial charge in [-0.3, -0.25) is 4.79 Å². The summed E-state index contributed by atoms with van der Waals surface area (Å²) < 4.78 is 1.61. The first-order chi connectivity index (χ1) is 8.95. The zero-order valence-corrected chi connectivity index (χ0v) is 14.5. The highest BCUT2D eigenvalue weighted by atomic mass is 127. The summed E-state index contributed by atoms with van der Waals surface area (Å²) in [6.07, 6.45) is 0.322. The average Bonchev–Trinajstić information content (AvgIpc) is 2.61. The Balaban J connectivity index is 2.09. The van der Waals surface area contributed by atoms with Gasteiger partial charge in [0.15, 0.2) is 3.95 Å². The Morgan fingerprint density at radius 2 is 2.32 bits per heavy atom. The molecule has 19 heavy (non-hydrogen) atoms. The van der Waals surface area contributed by atoms with Gasteiger partial charge in [-0.25, -0.2) is 0 Å². The maximum Gasteiger partial charge on any atom is 0.229 e. The topological polar surface area (TPSA) is 44.9 Å². The Bertz CT molecular complexity index is 681. The number of carbonyl (C=O) groups excluding carboxylic acids is 1. The molecule has 1 heterocycles. The van der Waals surface area contributed by atoms with Crippen molar-refractivity contribution in [3.8, 4) is 0 Å². The van der Waals surface area contributed by atoms with E-state index in [-0.39, 0.29) is 5.91 Å². The van der Waals surface area contributed by atoms with Gasteiger partial charge in [0.25, 0.3) is 0 Å². The van der Waals surface area contributed by atoms with E-state index in [1.807, 2.05) is 13.0 Å². The summed E-state index contributed by atoms with van der Waals surface area (Å²) >= 11 is 14.5. The molecule has 1 amide bonds. The average molecular weight is 425 g/mol. The molecule has 0 aliphatic heterocycles. The van der Waals surface area contributed by atoms with Crippen molar-refractivity contribution in [2.24, 2.45) is 0 Å². The van der Waals surface area contributed by atoms with Gasteiger partial charge >= 0.3 is 0 Å². The minimum atomic E-state index is -0.0615. The Hall–Kier alpha value is -0.440. The number of anilines is 1. The van der Waals surface area contributed by atoms with Gasteiger partial charge in [-0.1, -0.05) is 11.6 Å². The van der Waals surface area contributed by atoms with Crippen LogP contribution < -0.4 is 5.32 Å². The van der Waals surface area contributed by atoms with Crippen LogP contribution in [0.25, 0.3) is 0 Å². The van der Waals surface area contributed by atoms with Gasteiger partial charge in [0.2, 0.25) is 5.91 Å². The van der Waals surface area contributed by atoms with E-state index in [2.05, 4.69) is 32.9 Å². The summed E-state index contributed by atoms with van der Waals surface area (Å²) in [7, 11) is 0. The summed E-state index contributed by atoms with van der Waals surface area (Å²) in [6, 6.07) is 5.36. The number of H-pyrrole nitrogens is 1. The van der Waals surface area contributed by atoms with E-state index in [1.54, 1.807) is 12.1 Å². The van der Waals surface area contributed by atoms with E-state index < -0.39 is 0 Å². The minimum absolute atomic E-state index is 0.0615. The van der Waals surface area contributed by atoms with E-state index in [0.717, 1.165) is 19.8 Å². The third kappa shape index (κ3) is 4.01. The highest BCUT2D eigenvalue weighted by molar-refractivity contribution is 14.1. The number of benzene rings is 1. The standard InChI is InChI=1S/C12H10ClIN2OS2/c1-6-10(19-12(18)15-6)5-11(17)16-9-3-2-7(13)4-8(9)14/h2-4H,5H2,1H3,(H,15,18)(H,16,17). The fourth-order valence-corrected chi connectivity index (χ4v) is 3.83. The first-order valence-corrected chi connectivity index (χ1v) is 8.07. The molecular formula is C12H10ClIN2OS2. The quantitative estimate of drug-likeness (QED) is 0.561. The molecule has 7 heteroatoms. The van der Waals surface area contributed by atoms with Gasteiger partial charge in [-0.2, -0.15) is 0 Å². The molecule has 0 atom stereocenters. The van der Waals surface area contributed by atoms with Gasteiger partial charge in [0, 0.05) is 19.2 Å². The molecule has 0 spiro atoms. The number of thiazole rings is 1. The summed E-state index contributed by atoms with van der Waals surface area (Å²) in [4.78, 5) is 16.0. The summed E-state index contributed by atoms with van der Waals surface area (Å²) in [5.74, 6) is -0.0615. The van der Waals surface area contributed by atoms with Gasteiger partial charge in [0.05, 0.1) is 12.1 Å². The number of aromatic nitrogens is 1. The van der Waals surface area contributed by atoms with E-state index in [9.17, 15) is 4.79 Å². The van der Waals surface area contributed by atoms with Crippen LogP contribution in [-0.2, 0) is 11.2 Å². The molecule has 2 rings (SSSR count). The number of hydrogen-bond donors (Lipinski definition) is 2. The second-order valence-corrected chi connectivity index (χ2v) is 7.28. The third-order valence-corrected chi connectivity index (χ3v) is 4.91. The molecule has 0 saturated heterocycles. The van der Waals surface area contributed by atoms with Crippen molar-refractivity contribution >= 4 is 69.3 Å². The molecule has 1 aromatic heterocycles. The summed E-state index contributed by atoms with van der Waals surface area (Å²) in [6.45, 7) is 1.92. The Labute approximate surface area is 138 Å². The predicted octanol–water partition coefficient (Wildman–Crippen LogP) is 4.55. The number of nitrogens with one attached hydrogen (secondary N) is 2. The van der Waals surface area contributed by atoms with Gasteiger partial charge in [-0.15, -0.1) is 11.3 Å². The Morgan fingerprint density at radius 3 is 2.89 bits per heavy atom. The van der Waals surface area contributed by atoms with Crippen LogP contribution in [0.1, 0.15) is 10.6 Å². The molecule has 3 nitrogen and oxygen atoms in total. The smallest absolute Gasteiger partial charge is 0.229 e. The molecule has 100 valence electrons. The summed E-state index contributed by atoms with van der Waals surface area (Å²) in [5.41, 5.74) is 1.72. The number of aryl methyl sites for hydroxylation is 1. The molecule has 0 bridgehead atoms. The number of hydrogen-bond acceptors (Lipinski definition) is 3. The number of halogens is 2. The van der Waals surface area contributed by atoms with Crippen LogP contribution in [0.2, 0.25) is 5.02 Å². The second-order valence-electron chi connectivity index (χ2n) is 3.91. The Morgan fingerprint density at radius 1 is 1.58 bits per heavy atom. The lowest BCUT2D eigenvalue weighted by Crippen LogP contribution is -2.15. The van der Waals surface area contributed by atoms with E-state index in [0.29, 0.717) is 15.4 Å². The van der Waals surface area contributed by atoms with Crippen LogP contribution in [-0.4, -0.2) is 10.9 Å². The third-order valence-electron chi connectivity index (χ3n) is 2.45. The van der Waals surface area contributed by atoms with Gasteiger partial charge < -0.3 is 10.3 Å². The van der Waals surface area contributed by atoms with Crippen molar-refractivity contribution in [3.63, 3.8) is 0 Å². The molecule has 0 fully saturated rings. The molecule has 1 aromatic carbocycles. The zero-order valence-electron chi connectivity index (χ0n) is 9.92. The predicted molar refractivity (Wildman–Crippen MR) is 90.7 cm³/mol. The van der Waals surface area contributed by atoms with Crippen molar-refractivity contribution in [3.05, 3.63) is 41.3 Å². The van der Waals surface area contributed by atoms with Crippen molar-refractivity contribution in [1.29, 1.82) is 0 Å². The Kier molecular flexibility index (Phi) is 4.99. The minimum Gasteiger partial charge on any atom is -0.341 e. The highest BCUT2D eigenvalue weighted by Crippen LogP contribution is 2.23. The van der Waals surface area contributed by atoms with Crippen molar-refractivity contribution in [1.82, 2.24) is 4.98 Å². The van der Waals surface area contributed by atoms with E-state index in [4.69, 9.17) is 23.8 Å². The van der Waals surface area contributed by atoms with Crippen LogP contribution >= 0.6 is 57.7 Å². The second kappa shape index (κ2) is 6.34. The van der Waals surface area contributed by atoms with Crippen LogP contribution in [0.15, 0.2) is 18.2 Å². The van der Waals surface area contributed by atoms with Gasteiger partial charge in [0.1, 0.15) is 0 Å². The molecule has 0 aliphatic rings. The molecule has 0 aliphatic carbocycles. The van der Waals surface area contributed by atoms with Gasteiger partial charge in [-0.05, 0) is 59.9 Å². The van der Waals surface area contributed by atoms with Crippen molar-refractivity contribution in [2.45, 2.75) is 13.3 Å². The van der Waals surface area contributed by atoms with Crippen molar-refractivity contribution < 1.29 is 4.79 Å². The maximum absolute atomic E-state index is 12.0. The number of amides is 1. The van der Waals surface area contributed by atoms with Crippen LogP contribution in [0.5, 0.6) is 0 Å². The van der Waals surface area contributed by atoms with E-state index in [1.165, 1.54) is 11.3 Å². The number of aromatic amines is 1. The monoisotopic (exact) mass is 424 g/mol. The fraction of sp³-hybridized carbons (Fsp3) is 0.167. The van der Waals surface area contributed by atoms with Crippen molar-refractivity contribution in [2.75, 3.05) is 5.32 Å². The first kappa shape index (κ1) is 15.0.